The van der Waals surface area contributed by atoms with E-state index < -0.39 is 7.25 Å². The van der Waals surface area contributed by atoms with Gasteiger partial charge in [-0.05, 0) is 25.7 Å². The Kier molecular flexibility index (Phi) is 3.81. The van der Waals surface area contributed by atoms with Crippen LogP contribution in [0.5, 0.6) is 0 Å². The average Bonchev–Trinajstić information content (AvgIpc) is 2.78. The molecule has 0 bridgehead atoms. The lowest BCUT2D eigenvalue weighted by molar-refractivity contribution is -0.798. The summed E-state index contributed by atoms with van der Waals surface area (Å²) < 4.78 is 40.5. The van der Waals surface area contributed by atoms with Crippen LogP contribution in [0.3, 0.4) is 0 Å². The third-order valence-electron chi connectivity index (χ3n) is 2.87. The van der Waals surface area contributed by atoms with Gasteiger partial charge in [0.2, 0.25) is 0 Å². The number of nitrogens with zero attached hydrogens (tertiary/aromatic N) is 1. The van der Waals surface area contributed by atoms with E-state index in [4.69, 9.17) is 0 Å². The largest absolute Gasteiger partial charge is 0.673 e. The Morgan fingerprint density at radius 3 is 1.29 bits per heavy atom. The molecule has 0 amide bonds. The standard InChI is InChI=1S/C8H16N.BF4/c1-2-4-6-9(5-3-1)7-8-9;2-1(3,4)5/h1-8H2;/q+1;-1. The van der Waals surface area contributed by atoms with Gasteiger partial charge in [0.05, 0.1) is 13.1 Å². The van der Waals surface area contributed by atoms with E-state index in [2.05, 4.69) is 0 Å². The molecule has 0 aromatic carbocycles. The van der Waals surface area contributed by atoms with E-state index >= 15 is 0 Å². The molecule has 0 N–H and O–H groups in total. The maximum Gasteiger partial charge on any atom is 0.673 e. The van der Waals surface area contributed by atoms with Gasteiger partial charge in [0.15, 0.2) is 0 Å². The zero-order valence-corrected chi connectivity index (χ0v) is 8.19. The van der Waals surface area contributed by atoms with Crippen LogP contribution in [0.2, 0.25) is 0 Å². The predicted octanol–water partition coefficient (Wildman–Crippen LogP) is 2.69. The third kappa shape index (κ3) is 5.47. The van der Waals surface area contributed by atoms with E-state index in [0.29, 0.717) is 0 Å². The highest BCUT2D eigenvalue weighted by molar-refractivity contribution is 6.50. The van der Waals surface area contributed by atoms with E-state index in [1.54, 1.807) is 0 Å². The minimum Gasteiger partial charge on any atom is -0.418 e. The third-order valence-corrected chi connectivity index (χ3v) is 2.87. The van der Waals surface area contributed by atoms with Crippen LogP contribution in [0, 0.1) is 0 Å². The predicted molar refractivity (Wildman–Crippen MR) is 48.4 cm³/mol. The minimum atomic E-state index is -6.00. The molecule has 0 saturated carbocycles. The molecule has 0 atom stereocenters. The van der Waals surface area contributed by atoms with Crippen LogP contribution in [0.15, 0.2) is 0 Å². The van der Waals surface area contributed by atoms with Crippen molar-refractivity contribution in [2.75, 3.05) is 26.2 Å². The molecule has 2 aliphatic rings. The average molecular weight is 213 g/mol. The molecule has 14 heavy (non-hydrogen) atoms. The summed E-state index contributed by atoms with van der Waals surface area (Å²) in [6.45, 7) is 6.00. The van der Waals surface area contributed by atoms with Gasteiger partial charge in [-0.2, -0.15) is 0 Å². The molecule has 84 valence electrons. The number of halogens is 4. The second-order valence-corrected chi connectivity index (χ2v) is 4.15. The molecular weight excluding hydrogens is 197 g/mol. The second kappa shape index (κ2) is 4.51. The Balaban J connectivity index is 0.000000171. The molecule has 2 saturated heterocycles. The van der Waals surface area contributed by atoms with Crippen molar-refractivity contribution >= 4 is 7.25 Å². The maximum absolute atomic E-state index is 9.75. The second-order valence-electron chi connectivity index (χ2n) is 4.15. The van der Waals surface area contributed by atoms with E-state index in [1.165, 1.54) is 56.3 Å². The molecule has 0 aromatic rings. The smallest absolute Gasteiger partial charge is 0.418 e. The number of hydrogen-bond acceptors (Lipinski definition) is 0. The highest BCUT2D eigenvalue weighted by Gasteiger charge is 2.41. The Bertz CT molecular complexity index is 163. The van der Waals surface area contributed by atoms with E-state index in [-0.39, 0.29) is 0 Å². The van der Waals surface area contributed by atoms with Gasteiger partial charge in [0, 0.05) is 0 Å². The Morgan fingerprint density at radius 1 is 0.643 bits per heavy atom. The summed E-state index contributed by atoms with van der Waals surface area (Å²) in [5.41, 5.74) is 0. The molecule has 6 heteroatoms. The van der Waals surface area contributed by atoms with Gasteiger partial charge in [-0.1, -0.05) is 0 Å². The van der Waals surface area contributed by atoms with Crippen molar-refractivity contribution in [3.63, 3.8) is 0 Å². The molecule has 2 heterocycles. The van der Waals surface area contributed by atoms with Crippen molar-refractivity contribution in [1.82, 2.24) is 0 Å². The van der Waals surface area contributed by atoms with Crippen LogP contribution in [-0.2, 0) is 0 Å². The molecule has 0 aromatic heterocycles. The monoisotopic (exact) mass is 213 g/mol. The first-order valence-corrected chi connectivity index (χ1v) is 5.14. The Labute approximate surface area is 81.8 Å². The minimum absolute atomic E-state index is 1.50. The first-order chi connectivity index (χ1) is 6.41. The fraction of sp³-hybridized carbons (Fsp3) is 1.00. The maximum atomic E-state index is 9.75. The number of rotatable bonds is 0. The van der Waals surface area contributed by atoms with Crippen molar-refractivity contribution in [2.45, 2.75) is 25.7 Å². The van der Waals surface area contributed by atoms with Crippen LogP contribution < -0.4 is 0 Å². The van der Waals surface area contributed by atoms with Gasteiger partial charge >= 0.3 is 7.25 Å². The van der Waals surface area contributed by atoms with Crippen LogP contribution in [0.25, 0.3) is 0 Å². The summed E-state index contributed by atoms with van der Waals surface area (Å²) in [6, 6.07) is 0. The van der Waals surface area contributed by atoms with Crippen LogP contribution in [-0.4, -0.2) is 37.9 Å². The molecule has 1 nitrogen and oxygen atoms in total. The lowest BCUT2D eigenvalue weighted by Gasteiger charge is -2.13. The zero-order chi connectivity index (χ0) is 10.7. The molecular formula is C8H16BF4N. The van der Waals surface area contributed by atoms with E-state index in [9.17, 15) is 17.3 Å². The molecule has 2 aliphatic heterocycles. The number of hydrogen-bond donors (Lipinski definition) is 0. The molecule has 0 radical (unpaired) electrons. The van der Waals surface area contributed by atoms with Gasteiger partial charge in [0.25, 0.3) is 0 Å². The van der Waals surface area contributed by atoms with Crippen molar-refractivity contribution in [3.8, 4) is 0 Å². The van der Waals surface area contributed by atoms with Crippen LogP contribution in [0.4, 0.5) is 17.3 Å². The zero-order valence-electron chi connectivity index (χ0n) is 8.19. The number of quaternary nitrogens is 1. The Morgan fingerprint density at radius 2 is 1.00 bits per heavy atom. The van der Waals surface area contributed by atoms with Gasteiger partial charge in [-0.15, -0.1) is 0 Å². The quantitative estimate of drug-likeness (QED) is 0.251. The lowest BCUT2D eigenvalue weighted by atomic mass is 10.2. The molecule has 1 spiro atoms. The van der Waals surface area contributed by atoms with Gasteiger partial charge in [-0.3, -0.25) is 0 Å². The summed E-state index contributed by atoms with van der Waals surface area (Å²) in [4.78, 5) is 0. The summed E-state index contributed by atoms with van der Waals surface area (Å²) in [5.74, 6) is 0. The topological polar surface area (TPSA) is 0 Å². The van der Waals surface area contributed by atoms with Crippen LogP contribution >= 0.6 is 0 Å². The first-order valence-electron chi connectivity index (χ1n) is 5.14. The van der Waals surface area contributed by atoms with Crippen molar-refractivity contribution in [1.29, 1.82) is 0 Å². The van der Waals surface area contributed by atoms with Crippen molar-refractivity contribution in [3.05, 3.63) is 0 Å². The van der Waals surface area contributed by atoms with Gasteiger partial charge < -0.3 is 21.7 Å². The van der Waals surface area contributed by atoms with Crippen molar-refractivity contribution < 1.29 is 21.7 Å². The molecule has 0 aliphatic carbocycles. The highest BCUT2D eigenvalue weighted by atomic mass is 19.5. The van der Waals surface area contributed by atoms with E-state index in [0.717, 1.165) is 0 Å². The van der Waals surface area contributed by atoms with Gasteiger partial charge in [0.1, 0.15) is 13.1 Å². The van der Waals surface area contributed by atoms with Gasteiger partial charge in [-0.25, -0.2) is 0 Å². The highest BCUT2D eigenvalue weighted by Crippen LogP contribution is 2.26. The summed E-state index contributed by atoms with van der Waals surface area (Å²) in [6.07, 6.45) is 6.00. The summed E-state index contributed by atoms with van der Waals surface area (Å²) in [7, 11) is -6.00. The summed E-state index contributed by atoms with van der Waals surface area (Å²) >= 11 is 0. The van der Waals surface area contributed by atoms with E-state index in [1.807, 2.05) is 0 Å². The normalized spacial score (nSPS) is 24.9. The van der Waals surface area contributed by atoms with Crippen LogP contribution in [0.1, 0.15) is 25.7 Å². The Hall–Kier alpha value is -0.255. The SMILES string of the molecule is C1CCC[N+]2(CC1)CC2.F[B-](F)(F)F. The molecule has 2 fully saturated rings. The fourth-order valence-corrected chi connectivity index (χ4v) is 1.95. The lowest BCUT2D eigenvalue weighted by Crippen LogP contribution is -2.26. The molecule has 2 rings (SSSR count). The first kappa shape index (κ1) is 11.8. The molecule has 0 unspecified atom stereocenters. The summed E-state index contributed by atoms with van der Waals surface area (Å²) in [5, 5.41) is 0. The van der Waals surface area contributed by atoms with Crippen molar-refractivity contribution in [2.24, 2.45) is 0 Å². The fourth-order valence-electron chi connectivity index (χ4n) is 1.95.